The van der Waals surface area contributed by atoms with Gasteiger partial charge >= 0.3 is 6.09 Å². The molecule has 0 radical (unpaired) electrons. The van der Waals surface area contributed by atoms with E-state index in [1.54, 1.807) is 78.9 Å². The van der Waals surface area contributed by atoms with Gasteiger partial charge in [-0.1, -0.05) is 78.9 Å². The molecule has 210 valence electrons. The molecule has 0 aliphatic rings. The molecule has 5 rings (SSSR count). The van der Waals surface area contributed by atoms with Gasteiger partial charge in [-0.3, -0.25) is 10.1 Å². The van der Waals surface area contributed by atoms with Gasteiger partial charge in [0.05, 0.1) is 11.4 Å². The first kappa shape index (κ1) is 27.8. The number of hydrogen-bond donors (Lipinski definition) is 4. The van der Waals surface area contributed by atoms with Crippen LogP contribution in [0.4, 0.5) is 21.9 Å². The van der Waals surface area contributed by atoms with Crippen molar-refractivity contribution in [2.75, 3.05) is 16.4 Å². The summed E-state index contributed by atoms with van der Waals surface area (Å²) in [6.45, 7) is 0. The molecule has 2 amide bonds. The number of nitrogens with one attached hydrogen (secondary N) is 2. The molecule has 0 spiro atoms. The van der Waals surface area contributed by atoms with Crippen molar-refractivity contribution in [1.29, 1.82) is 0 Å². The molecule has 2 atom stereocenters. The van der Waals surface area contributed by atoms with Crippen molar-refractivity contribution in [3.63, 3.8) is 0 Å². The van der Waals surface area contributed by atoms with Crippen LogP contribution in [0.15, 0.2) is 133 Å². The first-order valence-corrected chi connectivity index (χ1v) is 13.3. The predicted molar refractivity (Wildman–Crippen MR) is 164 cm³/mol. The lowest BCUT2D eigenvalue weighted by Gasteiger charge is -2.27. The van der Waals surface area contributed by atoms with E-state index in [9.17, 15) is 14.7 Å². The molecule has 5 aromatic rings. The van der Waals surface area contributed by atoms with Crippen LogP contribution in [-0.2, 0) is 9.53 Å². The minimum absolute atomic E-state index is 0.0812. The van der Waals surface area contributed by atoms with E-state index in [4.69, 9.17) is 15.2 Å². The Bertz CT molecular complexity index is 1710. The van der Waals surface area contributed by atoms with Gasteiger partial charge in [0.1, 0.15) is 11.5 Å². The number of nitrogens with two attached hydrogens (primary N) is 1. The number of benzene rings is 5. The van der Waals surface area contributed by atoms with E-state index in [0.29, 0.717) is 39.1 Å². The predicted octanol–water partition coefficient (Wildman–Crippen LogP) is 7.06. The minimum Gasteiger partial charge on any atom is -0.507 e. The molecular weight excluding hydrogens is 530 g/mol. The van der Waals surface area contributed by atoms with Crippen LogP contribution in [-0.4, -0.2) is 23.2 Å². The van der Waals surface area contributed by atoms with Crippen LogP contribution in [0.1, 0.15) is 11.7 Å². The lowest BCUT2D eigenvalue weighted by Crippen LogP contribution is -2.30. The Balaban J connectivity index is 1.54. The normalized spacial score (nSPS) is 12.4. The summed E-state index contributed by atoms with van der Waals surface area (Å²) in [4.78, 5) is 26.2. The van der Waals surface area contributed by atoms with Crippen molar-refractivity contribution >= 4 is 39.8 Å². The fraction of sp³-hybridized carbons (Fsp3) is 0.0588. The Morgan fingerprint density at radius 3 is 2.12 bits per heavy atom. The van der Waals surface area contributed by atoms with E-state index in [1.165, 1.54) is 18.2 Å². The smallest absolute Gasteiger partial charge is 0.412 e. The quantitative estimate of drug-likeness (QED) is 0.113. The van der Waals surface area contributed by atoms with Gasteiger partial charge in [0.15, 0.2) is 12.2 Å². The second-order valence-corrected chi connectivity index (χ2v) is 9.37. The molecule has 0 bridgehead atoms. The number of anilines is 3. The highest BCUT2D eigenvalue weighted by atomic mass is 16.6. The molecule has 0 aliphatic heterocycles. The molecule has 0 aromatic heterocycles. The fourth-order valence-electron chi connectivity index (χ4n) is 4.47. The van der Waals surface area contributed by atoms with Crippen molar-refractivity contribution in [1.82, 2.24) is 0 Å². The number of nitrogen functional groups attached to an aromatic ring is 1. The van der Waals surface area contributed by atoms with Crippen LogP contribution in [0.25, 0.3) is 10.8 Å². The number of aromatic hydroxyl groups is 1. The van der Waals surface area contributed by atoms with Crippen molar-refractivity contribution in [2.24, 2.45) is 0 Å². The zero-order chi connectivity index (χ0) is 29.3. The first-order valence-electron chi connectivity index (χ1n) is 13.3. The average Bonchev–Trinajstić information content (AvgIpc) is 3.01. The Labute approximate surface area is 243 Å². The van der Waals surface area contributed by atoms with Gasteiger partial charge in [0, 0.05) is 22.7 Å². The van der Waals surface area contributed by atoms with E-state index in [1.807, 2.05) is 36.4 Å². The van der Waals surface area contributed by atoms with Crippen molar-refractivity contribution in [2.45, 2.75) is 12.2 Å². The van der Waals surface area contributed by atoms with E-state index < -0.39 is 24.2 Å². The summed E-state index contributed by atoms with van der Waals surface area (Å²) in [7, 11) is 0. The Kier molecular flexibility index (Phi) is 8.64. The fourth-order valence-corrected chi connectivity index (χ4v) is 4.47. The summed E-state index contributed by atoms with van der Waals surface area (Å²) in [6, 6.07) is 35.3. The number of ether oxygens (including phenoxy) is 2. The van der Waals surface area contributed by atoms with Crippen molar-refractivity contribution < 1.29 is 24.2 Å². The highest BCUT2D eigenvalue weighted by molar-refractivity contribution is 6.01. The lowest BCUT2D eigenvalue weighted by atomic mass is 9.96. The van der Waals surface area contributed by atoms with Gasteiger partial charge in [-0.25, -0.2) is 4.79 Å². The number of phenolic OH excluding ortho intramolecular Hbond substituents is 1. The molecule has 5 aromatic carbocycles. The number of amides is 2. The maximum atomic E-state index is 13.2. The molecule has 42 heavy (non-hydrogen) atoms. The summed E-state index contributed by atoms with van der Waals surface area (Å²) < 4.78 is 12.4. The number of phenols is 1. The van der Waals surface area contributed by atoms with Gasteiger partial charge in [-0.15, -0.1) is 0 Å². The molecule has 8 nitrogen and oxygen atoms in total. The number of hydrogen-bond acceptors (Lipinski definition) is 6. The van der Waals surface area contributed by atoms with Crippen molar-refractivity contribution in [3.05, 3.63) is 139 Å². The SMILES string of the molecule is Nc1ccccc1NC(=O)/C=C/[C@@H](Oc1ccccc1)[C@H](OC(=O)Nc1ccccc1)c1ccc(O)c2ccccc12. The number of fused-ring (bicyclic) bond motifs is 1. The third-order valence-corrected chi connectivity index (χ3v) is 6.47. The maximum absolute atomic E-state index is 13.2. The molecule has 0 saturated carbocycles. The van der Waals surface area contributed by atoms with Gasteiger partial charge in [-0.2, -0.15) is 0 Å². The van der Waals surface area contributed by atoms with E-state index in [-0.39, 0.29) is 5.75 Å². The second kappa shape index (κ2) is 13.1. The van der Waals surface area contributed by atoms with Gasteiger partial charge in [0.2, 0.25) is 5.91 Å². The van der Waals surface area contributed by atoms with E-state index >= 15 is 0 Å². The minimum atomic E-state index is -1.04. The van der Waals surface area contributed by atoms with Crippen LogP contribution >= 0.6 is 0 Å². The van der Waals surface area contributed by atoms with E-state index in [0.717, 1.165) is 0 Å². The van der Waals surface area contributed by atoms with Crippen LogP contribution in [0, 0.1) is 0 Å². The Morgan fingerprint density at radius 1 is 0.738 bits per heavy atom. The molecular formula is C34H29N3O5. The number of carbonyl (C=O) groups is 2. The molecule has 0 saturated heterocycles. The number of rotatable bonds is 9. The molecule has 5 N–H and O–H groups in total. The summed E-state index contributed by atoms with van der Waals surface area (Å²) in [5.74, 6) is 0.135. The summed E-state index contributed by atoms with van der Waals surface area (Å²) in [5.41, 5.74) is 8.00. The largest absolute Gasteiger partial charge is 0.507 e. The third kappa shape index (κ3) is 6.86. The molecule has 0 fully saturated rings. The second-order valence-electron chi connectivity index (χ2n) is 9.37. The highest BCUT2D eigenvalue weighted by Gasteiger charge is 2.30. The third-order valence-electron chi connectivity index (χ3n) is 6.47. The summed E-state index contributed by atoms with van der Waals surface area (Å²) in [6.07, 6.45) is 0.128. The van der Waals surface area contributed by atoms with Gasteiger partial charge < -0.3 is 25.6 Å². The van der Waals surface area contributed by atoms with Crippen LogP contribution in [0.2, 0.25) is 0 Å². The van der Waals surface area contributed by atoms with Gasteiger partial charge in [-0.05, 0) is 53.9 Å². The lowest BCUT2D eigenvalue weighted by molar-refractivity contribution is -0.112. The number of carbonyl (C=O) groups excluding carboxylic acids is 2. The molecule has 0 unspecified atom stereocenters. The highest BCUT2D eigenvalue weighted by Crippen LogP contribution is 2.36. The average molecular weight is 560 g/mol. The molecule has 0 aliphatic carbocycles. The Morgan fingerprint density at radius 2 is 1.38 bits per heavy atom. The first-order chi connectivity index (χ1) is 20.5. The standard InChI is InChI=1S/C34H29N3O5/c35-28-17-9-10-18-29(28)37-32(39)22-21-31(41-24-13-5-2-6-14-24)33(42-34(40)36-23-11-3-1-4-12-23)27-19-20-30(38)26-16-8-7-15-25(26)27/h1-22,31,33,38H,35H2,(H,36,40)(H,37,39)/b22-21+/t31-,33-/m1/s1. The Hall–Kier alpha value is -5.76. The zero-order valence-corrected chi connectivity index (χ0v) is 22.5. The topological polar surface area (TPSA) is 123 Å². The number of para-hydroxylation sites is 4. The molecule has 8 heteroatoms. The molecule has 0 heterocycles. The zero-order valence-electron chi connectivity index (χ0n) is 22.5. The monoisotopic (exact) mass is 559 g/mol. The summed E-state index contributed by atoms with van der Waals surface area (Å²) in [5, 5.41) is 17.3. The summed E-state index contributed by atoms with van der Waals surface area (Å²) >= 11 is 0. The van der Waals surface area contributed by atoms with E-state index in [2.05, 4.69) is 10.6 Å². The van der Waals surface area contributed by atoms with Crippen LogP contribution < -0.4 is 21.1 Å². The van der Waals surface area contributed by atoms with Crippen molar-refractivity contribution in [3.8, 4) is 11.5 Å². The van der Waals surface area contributed by atoms with Crippen LogP contribution in [0.5, 0.6) is 11.5 Å². The maximum Gasteiger partial charge on any atom is 0.412 e. The van der Waals surface area contributed by atoms with Gasteiger partial charge in [0.25, 0.3) is 0 Å². The van der Waals surface area contributed by atoms with Crippen LogP contribution in [0.3, 0.4) is 0 Å².